The van der Waals surface area contributed by atoms with E-state index in [1.165, 1.54) is 17.5 Å². The summed E-state index contributed by atoms with van der Waals surface area (Å²) in [5, 5.41) is 19.9. The Morgan fingerprint density at radius 3 is 2.86 bits per heavy atom. The number of halogens is 1. The zero-order valence-corrected chi connectivity index (χ0v) is 16.5. The van der Waals surface area contributed by atoms with Gasteiger partial charge in [-0.25, -0.2) is 9.78 Å². The Labute approximate surface area is 168 Å². The number of aryl methyl sites for hydroxylation is 2. The second-order valence-corrected chi connectivity index (χ2v) is 7.37. The van der Waals surface area contributed by atoms with Gasteiger partial charge in [0.15, 0.2) is 0 Å². The van der Waals surface area contributed by atoms with Gasteiger partial charge in [-0.2, -0.15) is 0 Å². The fraction of sp³-hybridized carbons (Fsp3) is 0.158. The number of pyridine rings is 1. The number of aromatic carboxylic acids is 1. The predicted octanol–water partition coefficient (Wildman–Crippen LogP) is 4.89. The minimum absolute atomic E-state index is 0.126. The molecule has 4 aromatic rings. The zero-order chi connectivity index (χ0) is 19.8. The van der Waals surface area contributed by atoms with Gasteiger partial charge < -0.3 is 14.3 Å². The molecule has 0 radical (unpaired) electrons. The van der Waals surface area contributed by atoms with Crippen LogP contribution >= 0.6 is 22.9 Å². The molecule has 1 aromatic carbocycles. The average molecular weight is 416 g/mol. The van der Waals surface area contributed by atoms with Gasteiger partial charge in [-0.3, -0.25) is 0 Å². The van der Waals surface area contributed by atoms with Crippen LogP contribution in [-0.2, 0) is 6.61 Å². The number of rotatable bonds is 5. The van der Waals surface area contributed by atoms with Crippen LogP contribution in [-0.4, -0.2) is 26.3 Å². The zero-order valence-electron chi connectivity index (χ0n) is 14.9. The van der Waals surface area contributed by atoms with E-state index >= 15 is 0 Å². The van der Waals surface area contributed by atoms with Gasteiger partial charge in [-0.05, 0) is 30.0 Å². The van der Waals surface area contributed by atoms with Gasteiger partial charge in [0.2, 0.25) is 11.8 Å². The predicted molar refractivity (Wildman–Crippen MR) is 105 cm³/mol. The number of hydrogen-bond acceptors (Lipinski definition) is 7. The van der Waals surface area contributed by atoms with Gasteiger partial charge in [0, 0.05) is 29.6 Å². The number of carboxylic acid groups (broad SMARTS) is 1. The maximum atomic E-state index is 11.4. The molecule has 7 nitrogen and oxygen atoms in total. The molecule has 1 N–H and O–H groups in total. The lowest BCUT2D eigenvalue weighted by Crippen LogP contribution is -2.00. The Morgan fingerprint density at radius 2 is 2.14 bits per heavy atom. The lowest BCUT2D eigenvalue weighted by atomic mass is 10.1. The molecule has 3 heterocycles. The van der Waals surface area contributed by atoms with E-state index in [9.17, 15) is 9.90 Å². The number of ether oxygens (including phenoxy) is 1. The van der Waals surface area contributed by atoms with Crippen molar-refractivity contribution in [2.75, 3.05) is 0 Å². The summed E-state index contributed by atoms with van der Waals surface area (Å²) in [5.74, 6) is 0.522. The minimum Gasteiger partial charge on any atom is -0.489 e. The molecule has 0 unspecified atom stereocenters. The van der Waals surface area contributed by atoms with Gasteiger partial charge in [-0.1, -0.05) is 17.7 Å². The first-order valence-corrected chi connectivity index (χ1v) is 9.51. The van der Waals surface area contributed by atoms with Crippen molar-refractivity contribution in [3.8, 4) is 17.2 Å². The van der Waals surface area contributed by atoms with E-state index in [0.29, 0.717) is 27.6 Å². The van der Waals surface area contributed by atoms with E-state index in [1.807, 2.05) is 30.5 Å². The fourth-order valence-corrected chi connectivity index (χ4v) is 4.16. The molecule has 0 amide bonds. The van der Waals surface area contributed by atoms with E-state index in [-0.39, 0.29) is 17.3 Å². The van der Waals surface area contributed by atoms with E-state index in [0.717, 1.165) is 16.7 Å². The maximum absolute atomic E-state index is 11.4. The Morgan fingerprint density at radius 1 is 1.32 bits per heavy atom. The number of carboxylic acids is 1. The van der Waals surface area contributed by atoms with Crippen molar-refractivity contribution in [3.63, 3.8) is 0 Å². The molecule has 0 saturated carbocycles. The highest BCUT2D eigenvalue weighted by Crippen LogP contribution is 2.35. The third-order valence-corrected chi connectivity index (χ3v) is 5.55. The number of hydrogen-bond donors (Lipinski definition) is 1. The quantitative estimate of drug-likeness (QED) is 0.463. The first-order valence-electron chi connectivity index (χ1n) is 8.26. The van der Waals surface area contributed by atoms with Crippen molar-refractivity contribution in [2.45, 2.75) is 20.5 Å². The third-order valence-electron chi connectivity index (χ3n) is 4.20. The standard InChI is InChI=1S/C19H14ClN3O4S/c1-9-3-4-11(18-23-22-10(2)27-18)5-14(9)26-7-12-8-28-16-13(19(24)25)6-21-17(20)15(12)16/h3-6,8H,7H2,1-2H3,(H,24,25). The summed E-state index contributed by atoms with van der Waals surface area (Å²) in [6.07, 6.45) is 1.27. The summed E-state index contributed by atoms with van der Waals surface area (Å²) in [6, 6.07) is 5.63. The number of nitrogens with zero attached hydrogens (tertiary/aromatic N) is 3. The molecule has 4 rings (SSSR count). The number of fused-ring (bicyclic) bond motifs is 1. The normalized spacial score (nSPS) is 11.1. The molecular weight excluding hydrogens is 402 g/mol. The molecule has 142 valence electrons. The molecule has 9 heteroatoms. The van der Waals surface area contributed by atoms with E-state index in [1.54, 1.807) is 6.92 Å². The molecule has 0 bridgehead atoms. The summed E-state index contributed by atoms with van der Waals surface area (Å²) >= 11 is 7.53. The molecule has 0 spiro atoms. The fourth-order valence-electron chi connectivity index (χ4n) is 2.78. The van der Waals surface area contributed by atoms with Gasteiger partial charge in [0.25, 0.3) is 0 Å². The Balaban J connectivity index is 1.65. The van der Waals surface area contributed by atoms with Crippen molar-refractivity contribution in [1.82, 2.24) is 15.2 Å². The topological polar surface area (TPSA) is 98.3 Å². The van der Waals surface area contributed by atoms with Gasteiger partial charge in [0.1, 0.15) is 17.5 Å². The van der Waals surface area contributed by atoms with Crippen LogP contribution in [0.15, 0.2) is 34.2 Å². The first-order chi connectivity index (χ1) is 13.4. The van der Waals surface area contributed by atoms with E-state index in [4.69, 9.17) is 20.8 Å². The van der Waals surface area contributed by atoms with Crippen LogP contribution in [0, 0.1) is 13.8 Å². The highest BCUT2D eigenvalue weighted by atomic mass is 35.5. The molecule has 0 atom stereocenters. The smallest absolute Gasteiger partial charge is 0.338 e. The second-order valence-electron chi connectivity index (χ2n) is 6.13. The van der Waals surface area contributed by atoms with Crippen molar-refractivity contribution in [1.29, 1.82) is 0 Å². The van der Waals surface area contributed by atoms with Crippen molar-refractivity contribution in [3.05, 3.63) is 57.5 Å². The molecule has 0 aliphatic carbocycles. The largest absolute Gasteiger partial charge is 0.489 e. The van der Waals surface area contributed by atoms with Crippen LogP contribution < -0.4 is 4.74 Å². The number of aromatic nitrogens is 3. The molecule has 28 heavy (non-hydrogen) atoms. The number of carbonyl (C=O) groups is 1. The van der Waals surface area contributed by atoms with Gasteiger partial charge in [-0.15, -0.1) is 21.5 Å². The van der Waals surface area contributed by atoms with Crippen LogP contribution in [0.1, 0.15) is 27.4 Å². The summed E-state index contributed by atoms with van der Waals surface area (Å²) in [4.78, 5) is 15.4. The van der Waals surface area contributed by atoms with Crippen LogP contribution in [0.3, 0.4) is 0 Å². The lowest BCUT2D eigenvalue weighted by Gasteiger charge is -2.10. The van der Waals surface area contributed by atoms with Crippen LogP contribution in [0.2, 0.25) is 5.15 Å². The molecular formula is C19H14ClN3O4S. The molecule has 3 aromatic heterocycles. The van der Waals surface area contributed by atoms with Crippen LogP contribution in [0.25, 0.3) is 21.5 Å². The molecule has 0 aliphatic rings. The SMILES string of the molecule is Cc1nnc(-c2ccc(C)c(OCc3csc4c(C(=O)O)cnc(Cl)c34)c2)o1. The van der Waals surface area contributed by atoms with Crippen molar-refractivity contribution in [2.24, 2.45) is 0 Å². The highest BCUT2D eigenvalue weighted by molar-refractivity contribution is 7.17. The molecule has 0 saturated heterocycles. The Kier molecular flexibility index (Phi) is 4.74. The second kappa shape index (κ2) is 7.21. The molecule has 0 aliphatic heterocycles. The Hall–Kier alpha value is -2.97. The summed E-state index contributed by atoms with van der Waals surface area (Å²) < 4.78 is 12.0. The Bertz CT molecular complexity index is 1200. The highest BCUT2D eigenvalue weighted by Gasteiger charge is 2.18. The first kappa shape index (κ1) is 18.4. The number of thiophene rings is 1. The minimum atomic E-state index is -1.04. The van der Waals surface area contributed by atoms with E-state index in [2.05, 4.69) is 15.2 Å². The molecule has 0 fully saturated rings. The monoisotopic (exact) mass is 415 g/mol. The lowest BCUT2D eigenvalue weighted by molar-refractivity contribution is 0.0699. The van der Waals surface area contributed by atoms with Crippen LogP contribution in [0.5, 0.6) is 5.75 Å². The van der Waals surface area contributed by atoms with Crippen molar-refractivity contribution >= 4 is 39.0 Å². The summed E-state index contributed by atoms with van der Waals surface area (Å²) in [6.45, 7) is 3.88. The number of benzene rings is 1. The van der Waals surface area contributed by atoms with Gasteiger partial charge >= 0.3 is 5.97 Å². The average Bonchev–Trinajstić information content (AvgIpc) is 3.28. The summed E-state index contributed by atoms with van der Waals surface area (Å²) in [5.41, 5.74) is 2.60. The maximum Gasteiger partial charge on any atom is 0.338 e. The summed E-state index contributed by atoms with van der Waals surface area (Å²) in [7, 11) is 0. The van der Waals surface area contributed by atoms with Gasteiger partial charge in [0.05, 0.1) is 10.3 Å². The third kappa shape index (κ3) is 3.32. The van der Waals surface area contributed by atoms with Crippen molar-refractivity contribution < 1.29 is 19.1 Å². The van der Waals surface area contributed by atoms with Crippen LogP contribution in [0.4, 0.5) is 0 Å². The van der Waals surface area contributed by atoms with E-state index < -0.39 is 5.97 Å².